The number of fused-ring (bicyclic) bond motifs is 1. The Labute approximate surface area is 221 Å². The van der Waals surface area contributed by atoms with Gasteiger partial charge in [-0.25, -0.2) is 4.79 Å². The predicted molar refractivity (Wildman–Crippen MR) is 141 cm³/mol. The molecule has 0 radical (unpaired) electrons. The van der Waals surface area contributed by atoms with Crippen molar-refractivity contribution in [2.45, 2.75) is 128 Å². The first-order valence-electron chi connectivity index (χ1n) is 13.6. The zero-order valence-electron chi connectivity index (χ0n) is 22.3. The fourth-order valence-electron chi connectivity index (χ4n) is 4.84. The van der Waals surface area contributed by atoms with E-state index in [2.05, 4.69) is 12.2 Å². The van der Waals surface area contributed by atoms with Crippen LogP contribution in [0.25, 0.3) is 0 Å². The third kappa shape index (κ3) is 9.18. The van der Waals surface area contributed by atoms with E-state index in [0.717, 1.165) is 12.8 Å². The second-order valence-electron chi connectivity index (χ2n) is 10.3. The molecule has 8 heteroatoms. The summed E-state index contributed by atoms with van der Waals surface area (Å²) >= 11 is 5.99. The number of hydrogen-bond donors (Lipinski definition) is 1. The van der Waals surface area contributed by atoms with Crippen LogP contribution >= 0.6 is 11.6 Å². The molecule has 0 spiro atoms. The van der Waals surface area contributed by atoms with E-state index in [1.807, 2.05) is 13.8 Å². The summed E-state index contributed by atoms with van der Waals surface area (Å²) in [6, 6.07) is 6.90. The number of benzene rings is 1. The summed E-state index contributed by atoms with van der Waals surface area (Å²) < 4.78 is 30.0. The van der Waals surface area contributed by atoms with Crippen LogP contribution in [-0.4, -0.2) is 49.2 Å². The van der Waals surface area contributed by atoms with Crippen LogP contribution in [0.2, 0.25) is 5.02 Å². The molecule has 2 aliphatic heterocycles. The molecule has 2 aliphatic rings. The van der Waals surface area contributed by atoms with Gasteiger partial charge in [0.15, 0.2) is 12.1 Å². The number of rotatable bonds is 15. The summed E-state index contributed by atoms with van der Waals surface area (Å²) in [7, 11) is 0. The van der Waals surface area contributed by atoms with E-state index < -0.39 is 30.4 Å². The lowest BCUT2D eigenvalue weighted by molar-refractivity contribution is -0.241. The van der Waals surface area contributed by atoms with Crippen molar-refractivity contribution >= 4 is 23.4 Å². The van der Waals surface area contributed by atoms with E-state index in [0.29, 0.717) is 17.3 Å². The quantitative estimate of drug-likeness (QED) is 0.239. The molecule has 0 aliphatic carbocycles. The smallest absolute Gasteiger partial charge is 0.411 e. The number of carbonyl (C=O) groups is 1. The molecule has 2 saturated heterocycles. The Bertz CT molecular complexity index is 806. The fourth-order valence-corrected chi connectivity index (χ4v) is 5.03. The van der Waals surface area contributed by atoms with Crippen molar-refractivity contribution in [3.8, 4) is 0 Å². The average molecular weight is 526 g/mol. The topological polar surface area (TPSA) is 75.3 Å². The molecule has 0 bridgehead atoms. The first-order valence-corrected chi connectivity index (χ1v) is 14.0. The number of halogens is 1. The molecule has 1 N–H and O–H groups in total. The molecular formula is C28H44ClNO6. The zero-order valence-corrected chi connectivity index (χ0v) is 23.1. The van der Waals surface area contributed by atoms with Crippen molar-refractivity contribution in [2.24, 2.45) is 0 Å². The van der Waals surface area contributed by atoms with E-state index >= 15 is 0 Å². The molecule has 0 unspecified atom stereocenters. The normalized spacial score (nSPS) is 25.5. The Morgan fingerprint density at radius 1 is 1.03 bits per heavy atom. The highest BCUT2D eigenvalue weighted by molar-refractivity contribution is 6.30. The third-order valence-corrected chi connectivity index (χ3v) is 6.89. The molecular weight excluding hydrogens is 482 g/mol. The highest BCUT2D eigenvalue weighted by Crippen LogP contribution is 2.40. The standard InChI is InChI=1S/C28H44ClNO6/c1-5-6-7-8-9-10-11-12-13-14-18-32-26-25-24(35-28(3,4)36-25)23(34-26)20(2)33-27(31)30-22-17-15-16-21(29)19-22/h15-17,19-20,23-26H,5-14,18H2,1-4H3,(H,30,31)/t20-,23-,24+,25+,26+/m1/s1. The zero-order chi connectivity index (χ0) is 26.0. The predicted octanol–water partition coefficient (Wildman–Crippen LogP) is 7.46. The maximum Gasteiger partial charge on any atom is 0.411 e. The first kappa shape index (κ1) is 29.2. The first-order chi connectivity index (χ1) is 17.3. The Balaban J connectivity index is 1.40. The number of ether oxygens (including phenoxy) is 5. The summed E-state index contributed by atoms with van der Waals surface area (Å²) in [5.74, 6) is -0.751. The van der Waals surface area contributed by atoms with E-state index in [9.17, 15) is 4.79 Å². The molecule has 0 aromatic heterocycles. The van der Waals surface area contributed by atoms with Gasteiger partial charge in [0.2, 0.25) is 0 Å². The van der Waals surface area contributed by atoms with Gasteiger partial charge in [0.25, 0.3) is 0 Å². The van der Waals surface area contributed by atoms with E-state index in [1.165, 1.54) is 51.4 Å². The lowest BCUT2D eigenvalue weighted by atomic mass is 10.1. The van der Waals surface area contributed by atoms with Crippen LogP contribution in [-0.2, 0) is 23.7 Å². The number of amides is 1. The molecule has 1 aromatic carbocycles. The Morgan fingerprint density at radius 2 is 1.67 bits per heavy atom. The van der Waals surface area contributed by atoms with Gasteiger partial charge in [-0.1, -0.05) is 82.4 Å². The van der Waals surface area contributed by atoms with Gasteiger partial charge in [0, 0.05) is 17.3 Å². The monoisotopic (exact) mass is 525 g/mol. The van der Waals surface area contributed by atoms with Gasteiger partial charge in [-0.2, -0.15) is 0 Å². The minimum absolute atomic E-state index is 0.366. The highest BCUT2D eigenvalue weighted by atomic mass is 35.5. The lowest BCUT2D eigenvalue weighted by Crippen LogP contribution is -2.40. The molecule has 36 heavy (non-hydrogen) atoms. The second kappa shape index (κ2) is 14.5. The van der Waals surface area contributed by atoms with Crippen LogP contribution in [0.3, 0.4) is 0 Å². The number of anilines is 1. The molecule has 7 nitrogen and oxygen atoms in total. The number of carbonyl (C=O) groups excluding carboxylic acids is 1. The van der Waals surface area contributed by atoms with Crippen molar-refractivity contribution in [1.29, 1.82) is 0 Å². The Hall–Kier alpha value is -1.38. The van der Waals surface area contributed by atoms with Gasteiger partial charge < -0.3 is 23.7 Å². The van der Waals surface area contributed by atoms with Gasteiger partial charge in [-0.15, -0.1) is 0 Å². The number of nitrogens with one attached hydrogen (secondary N) is 1. The molecule has 5 atom stereocenters. The number of unbranched alkanes of at least 4 members (excludes halogenated alkanes) is 9. The fraction of sp³-hybridized carbons (Fsp3) is 0.750. The molecule has 2 heterocycles. The summed E-state index contributed by atoms with van der Waals surface area (Å²) in [5, 5.41) is 3.23. The van der Waals surface area contributed by atoms with Crippen molar-refractivity contribution in [3.05, 3.63) is 29.3 Å². The van der Waals surface area contributed by atoms with Crippen molar-refractivity contribution in [3.63, 3.8) is 0 Å². The van der Waals surface area contributed by atoms with Crippen LogP contribution in [0.4, 0.5) is 10.5 Å². The third-order valence-electron chi connectivity index (χ3n) is 6.65. The lowest BCUT2D eigenvalue weighted by Gasteiger charge is -2.27. The van der Waals surface area contributed by atoms with Gasteiger partial charge >= 0.3 is 6.09 Å². The van der Waals surface area contributed by atoms with Crippen LogP contribution < -0.4 is 5.32 Å². The summed E-state index contributed by atoms with van der Waals surface area (Å²) in [6.45, 7) is 8.39. The van der Waals surface area contributed by atoms with Crippen molar-refractivity contribution in [2.75, 3.05) is 11.9 Å². The van der Waals surface area contributed by atoms with Crippen LogP contribution in [0, 0.1) is 0 Å². The van der Waals surface area contributed by atoms with Crippen LogP contribution in [0.5, 0.6) is 0 Å². The summed E-state index contributed by atoms with van der Waals surface area (Å²) in [6.07, 6.45) is 9.75. The molecule has 1 aromatic rings. The maximum absolute atomic E-state index is 12.4. The average Bonchev–Trinajstić information content (AvgIpc) is 3.30. The molecule has 2 fully saturated rings. The second-order valence-corrected chi connectivity index (χ2v) is 10.8. The SMILES string of the molecule is CCCCCCCCCCCCO[C@H]1O[C@H]([C@@H](C)OC(=O)Nc2cccc(Cl)c2)[C@@H]2OC(C)(C)O[C@H]12. The summed E-state index contributed by atoms with van der Waals surface area (Å²) in [5.41, 5.74) is 0.559. The molecule has 0 saturated carbocycles. The van der Waals surface area contributed by atoms with Gasteiger partial charge in [-0.3, -0.25) is 5.32 Å². The highest BCUT2D eigenvalue weighted by Gasteiger charge is 2.57. The van der Waals surface area contributed by atoms with E-state index in [4.69, 9.17) is 35.3 Å². The van der Waals surface area contributed by atoms with Crippen molar-refractivity contribution in [1.82, 2.24) is 0 Å². The van der Waals surface area contributed by atoms with Gasteiger partial charge in [0.05, 0.1) is 0 Å². The number of hydrogen-bond acceptors (Lipinski definition) is 6. The minimum atomic E-state index is -0.751. The Kier molecular flexibility index (Phi) is 11.8. The molecule has 204 valence electrons. The van der Waals surface area contributed by atoms with Gasteiger partial charge in [-0.05, 0) is 45.4 Å². The van der Waals surface area contributed by atoms with E-state index in [-0.39, 0.29) is 12.2 Å². The van der Waals surface area contributed by atoms with E-state index in [1.54, 1.807) is 31.2 Å². The molecule has 1 amide bonds. The van der Waals surface area contributed by atoms with Crippen LogP contribution in [0.15, 0.2) is 24.3 Å². The molecule has 3 rings (SSSR count). The van der Waals surface area contributed by atoms with Crippen LogP contribution in [0.1, 0.15) is 91.9 Å². The minimum Gasteiger partial charge on any atom is -0.443 e. The Morgan fingerprint density at radius 3 is 2.33 bits per heavy atom. The maximum atomic E-state index is 12.4. The summed E-state index contributed by atoms with van der Waals surface area (Å²) in [4.78, 5) is 12.4. The largest absolute Gasteiger partial charge is 0.443 e. The van der Waals surface area contributed by atoms with Gasteiger partial charge in [0.1, 0.15) is 24.4 Å². The van der Waals surface area contributed by atoms with Crippen molar-refractivity contribution < 1.29 is 28.5 Å².